The van der Waals surface area contributed by atoms with Gasteiger partial charge in [0.05, 0.1) is 17.9 Å². The number of anilines is 1. The van der Waals surface area contributed by atoms with Crippen LogP contribution in [-0.4, -0.2) is 45.5 Å². The molecule has 0 radical (unpaired) electrons. The molecule has 3 aromatic rings. The summed E-state index contributed by atoms with van der Waals surface area (Å²) in [5.74, 6) is -0.695. The van der Waals surface area contributed by atoms with Crippen molar-refractivity contribution in [1.29, 1.82) is 0 Å². The fraction of sp³-hybridized carbons (Fsp3) is 0.448. The Kier molecular flexibility index (Phi) is 7.96. The van der Waals surface area contributed by atoms with Gasteiger partial charge in [0.25, 0.3) is 0 Å². The Hall–Kier alpha value is -3.10. The molecule has 2 heterocycles. The van der Waals surface area contributed by atoms with Crippen LogP contribution in [0.1, 0.15) is 55.7 Å². The van der Waals surface area contributed by atoms with Crippen LogP contribution >= 0.6 is 0 Å². The van der Waals surface area contributed by atoms with Crippen molar-refractivity contribution in [1.82, 2.24) is 19.8 Å². The molecular formula is C29H35F2N5O. The Morgan fingerprint density at radius 2 is 2.00 bits per heavy atom. The van der Waals surface area contributed by atoms with Crippen LogP contribution in [0.3, 0.4) is 0 Å². The van der Waals surface area contributed by atoms with Crippen LogP contribution in [0.25, 0.3) is 5.69 Å². The summed E-state index contributed by atoms with van der Waals surface area (Å²) in [5.41, 5.74) is 3.56. The van der Waals surface area contributed by atoms with Gasteiger partial charge in [0, 0.05) is 18.7 Å². The van der Waals surface area contributed by atoms with Crippen molar-refractivity contribution >= 4 is 11.7 Å². The highest BCUT2D eigenvalue weighted by Crippen LogP contribution is 2.26. The second-order valence-corrected chi connectivity index (χ2v) is 10.2. The summed E-state index contributed by atoms with van der Waals surface area (Å²) in [4.78, 5) is 20.1. The average Bonchev–Trinajstić information content (AvgIpc) is 3.57. The highest BCUT2D eigenvalue weighted by Gasteiger charge is 2.27. The topological polar surface area (TPSA) is 62.2 Å². The highest BCUT2D eigenvalue weighted by atomic mass is 19.1. The van der Waals surface area contributed by atoms with Crippen molar-refractivity contribution in [3.8, 4) is 5.69 Å². The first-order chi connectivity index (χ1) is 18.0. The van der Waals surface area contributed by atoms with Gasteiger partial charge in [-0.1, -0.05) is 31.5 Å². The molecule has 5 rings (SSSR count). The number of hydrogen-bond donors (Lipinski definition) is 2. The Morgan fingerprint density at radius 3 is 2.81 bits per heavy atom. The second-order valence-electron chi connectivity index (χ2n) is 10.2. The quantitative estimate of drug-likeness (QED) is 0.428. The summed E-state index contributed by atoms with van der Waals surface area (Å²) in [6.45, 7) is 5.19. The minimum atomic E-state index is -0.538. The van der Waals surface area contributed by atoms with Crippen LogP contribution < -0.4 is 10.6 Å². The van der Waals surface area contributed by atoms with Gasteiger partial charge in [0.2, 0.25) is 5.91 Å². The number of nitrogens with zero attached hydrogens (tertiary/aromatic N) is 3. The van der Waals surface area contributed by atoms with E-state index in [0.717, 1.165) is 49.8 Å². The molecule has 37 heavy (non-hydrogen) atoms. The SMILES string of the molecule is CCCC(N[C@H]1CCc2cc(F)cc(F)c2C1)C(=O)Nc1cn(-c2ccccc2CN2CCCC2)cn1. The standard InChI is InChI=1S/C29H35F2N5O/c1-2-7-26(33-23-11-10-20-14-22(30)15-25(31)24(20)16-23)29(37)34-28-18-36(19-32-28)27-9-4-3-8-21(27)17-35-12-5-6-13-35/h3-4,8-9,14-15,18-19,23,26,33H,2,5-7,10-13,16-17H2,1H3,(H,34,37)/t23-,26?/m0/s1. The summed E-state index contributed by atoms with van der Waals surface area (Å²) in [7, 11) is 0. The first kappa shape index (κ1) is 25.5. The molecule has 0 bridgehead atoms. The maximum absolute atomic E-state index is 14.4. The fourth-order valence-corrected chi connectivity index (χ4v) is 5.60. The van der Waals surface area contributed by atoms with Gasteiger partial charge in [-0.25, -0.2) is 13.8 Å². The van der Waals surface area contributed by atoms with Gasteiger partial charge in [-0.2, -0.15) is 0 Å². The Morgan fingerprint density at radius 1 is 1.19 bits per heavy atom. The smallest absolute Gasteiger partial charge is 0.242 e. The normalized spacial score (nSPS) is 18.5. The number of aromatic nitrogens is 2. The molecule has 2 aliphatic rings. The number of hydrogen-bond acceptors (Lipinski definition) is 4. The number of para-hydroxylation sites is 1. The first-order valence-electron chi connectivity index (χ1n) is 13.4. The van der Waals surface area contributed by atoms with Crippen LogP contribution in [0.4, 0.5) is 14.6 Å². The number of rotatable bonds is 9. The van der Waals surface area contributed by atoms with E-state index in [-0.39, 0.29) is 11.9 Å². The number of nitrogens with one attached hydrogen (secondary N) is 2. The largest absolute Gasteiger partial charge is 0.308 e. The summed E-state index contributed by atoms with van der Waals surface area (Å²) in [6, 6.07) is 10.2. The lowest BCUT2D eigenvalue weighted by molar-refractivity contribution is -0.118. The van der Waals surface area contributed by atoms with E-state index in [0.29, 0.717) is 30.6 Å². The number of imidazole rings is 1. The Labute approximate surface area is 217 Å². The molecule has 196 valence electrons. The molecule has 1 fully saturated rings. The van der Waals surface area contributed by atoms with E-state index < -0.39 is 17.7 Å². The van der Waals surface area contributed by atoms with Gasteiger partial charge in [0.1, 0.15) is 18.0 Å². The maximum atomic E-state index is 14.4. The number of aryl methyl sites for hydroxylation is 1. The lowest BCUT2D eigenvalue weighted by Crippen LogP contribution is -2.48. The van der Waals surface area contributed by atoms with Crippen molar-refractivity contribution in [2.45, 2.75) is 70.5 Å². The minimum Gasteiger partial charge on any atom is -0.308 e. The molecule has 2 N–H and O–H groups in total. The van der Waals surface area contributed by atoms with Crippen molar-refractivity contribution < 1.29 is 13.6 Å². The molecule has 2 aromatic carbocycles. The number of likely N-dealkylation sites (tertiary alicyclic amines) is 1. The highest BCUT2D eigenvalue weighted by molar-refractivity contribution is 5.94. The number of fused-ring (bicyclic) bond motifs is 1. The van der Waals surface area contributed by atoms with Crippen LogP contribution in [0.5, 0.6) is 0 Å². The number of amides is 1. The van der Waals surface area contributed by atoms with E-state index in [2.05, 4.69) is 38.7 Å². The van der Waals surface area contributed by atoms with E-state index in [1.54, 1.807) is 6.33 Å². The van der Waals surface area contributed by atoms with Gasteiger partial charge in [-0.05, 0) is 80.4 Å². The molecule has 1 saturated heterocycles. The summed E-state index contributed by atoms with van der Waals surface area (Å²) < 4.78 is 29.9. The Bertz CT molecular complexity index is 1240. The minimum absolute atomic E-state index is 0.0511. The maximum Gasteiger partial charge on any atom is 0.242 e. The molecule has 8 heteroatoms. The number of carbonyl (C=O) groups excluding carboxylic acids is 1. The van der Waals surface area contributed by atoms with Gasteiger partial charge in [-0.15, -0.1) is 0 Å². The molecule has 1 aliphatic carbocycles. The van der Waals surface area contributed by atoms with Gasteiger partial charge < -0.3 is 15.2 Å². The second kappa shape index (κ2) is 11.5. The molecule has 1 unspecified atom stereocenters. The van der Waals surface area contributed by atoms with Crippen molar-refractivity contribution in [2.75, 3.05) is 18.4 Å². The lowest BCUT2D eigenvalue weighted by atomic mass is 9.87. The number of carbonyl (C=O) groups is 1. The zero-order valence-electron chi connectivity index (χ0n) is 21.4. The third-order valence-corrected chi connectivity index (χ3v) is 7.49. The van der Waals surface area contributed by atoms with E-state index >= 15 is 0 Å². The van der Waals surface area contributed by atoms with Gasteiger partial charge in [-0.3, -0.25) is 9.69 Å². The molecule has 1 amide bonds. The fourth-order valence-electron chi connectivity index (χ4n) is 5.60. The third kappa shape index (κ3) is 6.08. The van der Waals surface area contributed by atoms with E-state index in [4.69, 9.17) is 0 Å². The third-order valence-electron chi connectivity index (χ3n) is 7.49. The molecular weight excluding hydrogens is 472 g/mol. The van der Waals surface area contributed by atoms with Gasteiger partial charge in [0.15, 0.2) is 5.82 Å². The molecule has 0 spiro atoms. The zero-order chi connectivity index (χ0) is 25.8. The molecule has 2 atom stereocenters. The molecule has 0 saturated carbocycles. The molecule has 1 aliphatic heterocycles. The van der Waals surface area contributed by atoms with E-state index in [1.165, 1.54) is 24.5 Å². The predicted molar refractivity (Wildman–Crippen MR) is 141 cm³/mol. The lowest BCUT2D eigenvalue weighted by Gasteiger charge is -2.29. The van der Waals surface area contributed by atoms with Crippen molar-refractivity contribution in [3.63, 3.8) is 0 Å². The van der Waals surface area contributed by atoms with Gasteiger partial charge >= 0.3 is 0 Å². The summed E-state index contributed by atoms with van der Waals surface area (Å²) in [5, 5.41) is 6.40. The summed E-state index contributed by atoms with van der Waals surface area (Å²) in [6.07, 6.45) is 9.32. The molecule has 6 nitrogen and oxygen atoms in total. The van der Waals surface area contributed by atoms with Crippen LogP contribution in [0.2, 0.25) is 0 Å². The Balaban J connectivity index is 1.24. The van der Waals surface area contributed by atoms with Crippen molar-refractivity contribution in [2.24, 2.45) is 0 Å². The predicted octanol–water partition coefficient (Wildman–Crippen LogP) is 5.00. The van der Waals surface area contributed by atoms with Crippen LogP contribution in [-0.2, 0) is 24.2 Å². The number of benzene rings is 2. The summed E-state index contributed by atoms with van der Waals surface area (Å²) >= 11 is 0. The number of halogens is 2. The monoisotopic (exact) mass is 507 g/mol. The van der Waals surface area contributed by atoms with Crippen LogP contribution in [0, 0.1) is 11.6 Å². The zero-order valence-corrected chi connectivity index (χ0v) is 21.4. The molecule has 1 aromatic heterocycles. The van der Waals surface area contributed by atoms with E-state index in [9.17, 15) is 13.6 Å². The van der Waals surface area contributed by atoms with E-state index in [1.807, 2.05) is 23.8 Å². The van der Waals surface area contributed by atoms with Crippen molar-refractivity contribution in [3.05, 3.63) is 77.2 Å². The average molecular weight is 508 g/mol. The first-order valence-corrected chi connectivity index (χ1v) is 13.4. The van der Waals surface area contributed by atoms with Crippen LogP contribution in [0.15, 0.2) is 48.9 Å².